The summed E-state index contributed by atoms with van der Waals surface area (Å²) in [5, 5.41) is 3.73. The molecule has 176 valence electrons. The summed E-state index contributed by atoms with van der Waals surface area (Å²) >= 11 is 0. The Hall–Kier alpha value is -3.88. The Labute approximate surface area is 193 Å². The van der Waals surface area contributed by atoms with E-state index in [9.17, 15) is 22.4 Å². The lowest BCUT2D eigenvalue weighted by Gasteiger charge is -2.15. The molecule has 0 bridgehead atoms. The van der Waals surface area contributed by atoms with Crippen molar-refractivity contribution < 1.29 is 31.9 Å². The Morgan fingerprint density at radius 2 is 1.79 bits per heavy atom. The van der Waals surface area contributed by atoms with Gasteiger partial charge in [0.05, 0.1) is 6.04 Å². The number of nitrogens with zero attached hydrogens (tertiary/aromatic N) is 2. The fraction of sp³-hybridized carbons (Fsp3) is 0.200. The van der Waals surface area contributed by atoms with Gasteiger partial charge < -0.3 is 9.88 Å². The van der Waals surface area contributed by atoms with E-state index < -0.39 is 23.8 Å². The molecule has 0 saturated heterocycles. The fourth-order valence-corrected chi connectivity index (χ4v) is 3.86. The molecule has 2 heterocycles. The van der Waals surface area contributed by atoms with Crippen molar-refractivity contribution in [3.8, 4) is 11.1 Å². The quantitative estimate of drug-likeness (QED) is 0.334. The van der Waals surface area contributed by atoms with Crippen LogP contribution in [0.15, 0.2) is 67.0 Å². The van der Waals surface area contributed by atoms with E-state index in [0.717, 1.165) is 35.2 Å². The molecule has 2 aromatic carbocycles. The number of hydrogen-bond acceptors (Lipinski definition) is 2. The number of benzene rings is 2. The number of fused-ring (bicyclic) bond motifs is 1. The highest BCUT2D eigenvalue weighted by Gasteiger charge is 2.42. The molecule has 0 fully saturated rings. The van der Waals surface area contributed by atoms with Gasteiger partial charge in [0.25, 0.3) is 5.91 Å². The summed E-state index contributed by atoms with van der Waals surface area (Å²) in [6.07, 6.45) is -1.52. The minimum Gasteiger partial charge on any atom is -0.351 e. The van der Waals surface area contributed by atoms with E-state index in [1.54, 1.807) is 31.2 Å². The van der Waals surface area contributed by atoms with Gasteiger partial charge in [0, 0.05) is 46.1 Å². The number of nitrogens with one attached hydrogen (secondary N) is 1. The predicted octanol–water partition coefficient (Wildman–Crippen LogP) is 4.84. The van der Waals surface area contributed by atoms with Crippen LogP contribution < -0.4 is 14.9 Å². The molecule has 0 radical (unpaired) electrons. The lowest BCUT2D eigenvalue weighted by Crippen LogP contribution is -2.48. The highest BCUT2D eigenvalue weighted by atomic mass is 19.4. The minimum absolute atomic E-state index is 0.361. The fourth-order valence-electron chi connectivity index (χ4n) is 3.86. The first-order chi connectivity index (χ1) is 16.1. The third-order valence-electron chi connectivity index (χ3n) is 5.69. The zero-order chi connectivity index (χ0) is 24.6. The average molecular weight is 472 g/mol. The van der Waals surface area contributed by atoms with E-state index in [1.165, 1.54) is 24.4 Å². The van der Waals surface area contributed by atoms with Crippen molar-refractivity contribution >= 4 is 16.8 Å². The molecule has 4 aromatic rings. The van der Waals surface area contributed by atoms with Crippen molar-refractivity contribution in [3.05, 3.63) is 89.6 Å². The van der Waals surface area contributed by atoms with Gasteiger partial charge in [0.2, 0.25) is 6.20 Å². The van der Waals surface area contributed by atoms with Crippen LogP contribution in [0.1, 0.15) is 34.6 Å². The maximum Gasteiger partial charge on any atom is 0.482 e. The molecule has 0 aliphatic rings. The molecule has 2 aromatic heterocycles. The van der Waals surface area contributed by atoms with Gasteiger partial charge in [0.1, 0.15) is 12.9 Å². The number of amides is 1. The Kier molecular flexibility index (Phi) is 6.03. The first-order valence-electron chi connectivity index (χ1n) is 10.4. The largest absolute Gasteiger partial charge is 0.482 e. The second kappa shape index (κ2) is 8.81. The summed E-state index contributed by atoms with van der Waals surface area (Å²) < 4.78 is 55.4. The summed E-state index contributed by atoms with van der Waals surface area (Å²) in [4.78, 5) is 18.0. The number of aryl methyl sites for hydroxylation is 1. The van der Waals surface area contributed by atoms with Crippen LogP contribution in [-0.2, 0) is 13.2 Å². The van der Waals surface area contributed by atoms with Crippen LogP contribution in [0.3, 0.4) is 0 Å². The molecular formula is C25H22F4N3O2+. The molecule has 0 saturated carbocycles. The van der Waals surface area contributed by atoms with Crippen LogP contribution in [-0.4, -0.2) is 17.6 Å². The van der Waals surface area contributed by atoms with E-state index in [2.05, 4.69) is 5.32 Å². The molecule has 0 unspecified atom stereocenters. The van der Waals surface area contributed by atoms with Crippen LogP contribution in [0, 0.1) is 5.82 Å². The maximum atomic E-state index is 13.4. The van der Waals surface area contributed by atoms with E-state index >= 15 is 0 Å². The van der Waals surface area contributed by atoms with Gasteiger partial charge in [-0.05, 0) is 54.4 Å². The molecule has 9 heteroatoms. The number of hydrogen-bond donors (Lipinski definition) is 1. The molecule has 1 N–H and O–H groups in total. The summed E-state index contributed by atoms with van der Waals surface area (Å²) in [6, 6.07) is 13.0. The summed E-state index contributed by atoms with van der Waals surface area (Å²) in [7, 11) is 2.99. The number of rotatable bonds is 5. The SMILES string of the molecule is CO[n+]1cc([C@@H](C)NC(=O)c2cc(-c3ccc(F)cc3)c3ccn(C)c3c2)ccc1C(F)(F)F. The number of halogens is 4. The highest BCUT2D eigenvalue weighted by molar-refractivity contribution is 6.04. The zero-order valence-corrected chi connectivity index (χ0v) is 18.7. The molecule has 4 rings (SSSR count). The first-order valence-corrected chi connectivity index (χ1v) is 10.4. The van der Waals surface area contributed by atoms with Crippen LogP contribution in [0.5, 0.6) is 0 Å². The minimum atomic E-state index is -4.58. The van der Waals surface area contributed by atoms with Gasteiger partial charge in [0.15, 0.2) is 0 Å². The standard InChI is InChI=1S/C25H21F4N3O2/c1-15(17-6-9-23(25(27,28)29)32(14-17)34-3)30-24(33)18-12-21(16-4-7-19(26)8-5-16)20-10-11-31(2)22(20)13-18/h4-15H,1-3H3/p+1/t15-/m1/s1. The second-order valence-corrected chi connectivity index (χ2v) is 7.94. The van der Waals surface area contributed by atoms with Crippen molar-refractivity contribution in [1.82, 2.24) is 9.88 Å². The summed E-state index contributed by atoms with van der Waals surface area (Å²) in [5.74, 6) is -0.761. The Morgan fingerprint density at radius 1 is 1.09 bits per heavy atom. The van der Waals surface area contributed by atoms with Gasteiger partial charge in [-0.1, -0.05) is 12.1 Å². The third kappa shape index (κ3) is 4.46. The summed E-state index contributed by atoms with van der Waals surface area (Å²) in [6.45, 7) is 1.67. The van der Waals surface area contributed by atoms with Crippen molar-refractivity contribution in [3.63, 3.8) is 0 Å². The molecule has 1 atom stereocenters. The monoisotopic (exact) mass is 472 g/mol. The number of alkyl halides is 3. The third-order valence-corrected chi connectivity index (χ3v) is 5.69. The average Bonchev–Trinajstić information content (AvgIpc) is 3.18. The van der Waals surface area contributed by atoms with Crippen LogP contribution in [0.25, 0.3) is 22.0 Å². The molecule has 0 aliphatic heterocycles. The molecule has 0 spiro atoms. The molecule has 5 nitrogen and oxygen atoms in total. The molecule has 34 heavy (non-hydrogen) atoms. The Morgan fingerprint density at radius 3 is 2.44 bits per heavy atom. The van der Waals surface area contributed by atoms with Gasteiger partial charge in [-0.15, -0.1) is 0 Å². The molecule has 0 aliphatic carbocycles. The number of carbonyl (C=O) groups excluding carboxylic acids is 1. The van der Waals surface area contributed by atoms with Crippen molar-refractivity contribution in [1.29, 1.82) is 0 Å². The van der Waals surface area contributed by atoms with E-state index in [-0.39, 0.29) is 5.82 Å². The lowest BCUT2D eigenvalue weighted by molar-refractivity contribution is -0.896. The maximum absolute atomic E-state index is 13.4. The topological polar surface area (TPSA) is 47.1 Å². The highest BCUT2D eigenvalue weighted by Crippen LogP contribution is 2.31. The zero-order valence-electron chi connectivity index (χ0n) is 18.7. The lowest BCUT2D eigenvalue weighted by atomic mass is 9.98. The molecular weight excluding hydrogens is 450 g/mol. The van der Waals surface area contributed by atoms with E-state index in [0.29, 0.717) is 15.9 Å². The first kappa shape index (κ1) is 23.3. The molecule has 1 amide bonds. The second-order valence-electron chi connectivity index (χ2n) is 7.94. The Bertz CT molecular complexity index is 1360. The van der Waals surface area contributed by atoms with E-state index in [1.807, 2.05) is 23.9 Å². The van der Waals surface area contributed by atoms with Crippen molar-refractivity contribution in [2.45, 2.75) is 19.1 Å². The summed E-state index contributed by atoms with van der Waals surface area (Å²) in [5.41, 5.74) is 2.17. The van der Waals surface area contributed by atoms with E-state index in [4.69, 9.17) is 4.84 Å². The number of aromatic nitrogens is 2. The van der Waals surface area contributed by atoms with Crippen molar-refractivity contribution in [2.75, 3.05) is 7.11 Å². The Balaban J connectivity index is 1.67. The normalized spacial score (nSPS) is 12.6. The van der Waals surface area contributed by atoms with Gasteiger partial charge in [-0.3, -0.25) is 9.63 Å². The van der Waals surface area contributed by atoms with Crippen molar-refractivity contribution in [2.24, 2.45) is 7.05 Å². The smallest absolute Gasteiger partial charge is 0.351 e. The van der Waals surface area contributed by atoms with Crippen LogP contribution in [0.2, 0.25) is 0 Å². The number of pyridine rings is 1. The van der Waals surface area contributed by atoms with Crippen LogP contribution >= 0.6 is 0 Å². The van der Waals surface area contributed by atoms with Gasteiger partial charge in [-0.2, -0.15) is 13.2 Å². The predicted molar refractivity (Wildman–Crippen MR) is 118 cm³/mol. The van der Waals surface area contributed by atoms with Gasteiger partial charge >= 0.3 is 11.9 Å². The number of carbonyl (C=O) groups is 1. The van der Waals surface area contributed by atoms with Gasteiger partial charge in [-0.25, -0.2) is 4.39 Å². The van der Waals surface area contributed by atoms with Crippen LogP contribution in [0.4, 0.5) is 17.6 Å².